The van der Waals surface area contributed by atoms with Crippen LogP contribution in [-0.2, 0) is 14.3 Å². The molecule has 142 valence electrons. The van der Waals surface area contributed by atoms with Gasteiger partial charge in [-0.15, -0.1) is 0 Å². The number of hydrogen-bond donors (Lipinski definition) is 2. The molecular formula is C16H21N3O7. The summed E-state index contributed by atoms with van der Waals surface area (Å²) in [5.74, 6) is -1.91. The molecule has 2 N–H and O–H groups in total. The summed E-state index contributed by atoms with van der Waals surface area (Å²) in [5, 5.41) is 16.0. The number of rotatable bonds is 9. The number of ether oxygens (including phenoxy) is 2. The summed E-state index contributed by atoms with van der Waals surface area (Å²) in [4.78, 5) is 45.6. The standard InChI is InChI=1S/C16H21N3O7/c1-4-17-15(21)10(3)18-14(20)9-26-16(22)11-6-7-13(25-5-2)12(8-11)19(23)24/h6-8,10H,4-5,9H2,1-3H3,(H,17,21)(H,18,20)/t10-/m0/s1. The Hall–Kier alpha value is -3.17. The van der Waals surface area contributed by atoms with Gasteiger partial charge in [-0.2, -0.15) is 0 Å². The summed E-state index contributed by atoms with van der Waals surface area (Å²) in [6.45, 7) is 4.93. The van der Waals surface area contributed by atoms with Gasteiger partial charge in [0.2, 0.25) is 5.91 Å². The fourth-order valence-corrected chi connectivity index (χ4v) is 1.96. The van der Waals surface area contributed by atoms with Crippen LogP contribution in [0.5, 0.6) is 5.75 Å². The topological polar surface area (TPSA) is 137 Å². The minimum absolute atomic E-state index is 0.0301. The summed E-state index contributed by atoms with van der Waals surface area (Å²) in [5.41, 5.74) is -0.472. The van der Waals surface area contributed by atoms with E-state index in [0.717, 1.165) is 6.07 Å². The van der Waals surface area contributed by atoms with E-state index in [1.165, 1.54) is 19.1 Å². The molecule has 0 aliphatic rings. The molecule has 26 heavy (non-hydrogen) atoms. The second-order valence-corrected chi connectivity index (χ2v) is 5.13. The zero-order valence-electron chi connectivity index (χ0n) is 14.7. The molecule has 0 fully saturated rings. The first-order valence-corrected chi connectivity index (χ1v) is 7.95. The van der Waals surface area contributed by atoms with Crippen molar-refractivity contribution in [3.63, 3.8) is 0 Å². The Kier molecular flexibility index (Phi) is 8.00. The van der Waals surface area contributed by atoms with Gasteiger partial charge < -0.3 is 20.1 Å². The maximum Gasteiger partial charge on any atom is 0.338 e. The first kappa shape index (κ1) is 20.9. The second-order valence-electron chi connectivity index (χ2n) is 5.13. The molecule has 0 aromatic heterocycles. The average molecular weight is 367 g/mol. The molecule has 0 bridgehead atoms. The van der Waals surface area contributed by atoms with Crippen molar-refractivity contribution in [2.24, 2.45) is 0 Å². The SMILES string of the molecule is CCNC(=O)[C@H](C)NC(=O)COC(=O)c1ccc(OCC)c([N+](=O)[O-])c1. The molecule has 0 aliphatic heterocycles. The van der Waals surface area contributed by atoms with E-state index < -0.39 is 29.4 Å². The van der Waals surface area contributed by atoms with Crippen molar-refractivity contribution in [2.45, 2.75) is 26.8 Å². The van der Waals surface area contributed by atoms with Gasteiger partial charge in [-0.3, -0.25) is 19.7 Å². The normalized spacial score (nSPS) is 11.2. The minimum atomic E-state index is -0.906. The van der Waals surface area contributed by atoms with Crippen LogP contribution in [0, 0.1) is 10.1 Å². The van der Waals surface area contributed by atoms with Crippen LogP contribution in [0.15, 0.2) is 18.2 Å². The van der Waals surface area contributed by atoms with E-state index in [9.17, 15) is 24.5 Å². The number of nitro groups is 1. The number of likely N-dealkylation sites (N-methyl/N-ethyl adjacent to an activating group) is 1. The van der Waals surface area contributed by atoms with E-state index in [1.54, 1.807) is 13.8 Å². The molecule has 0 heterocycles. The van der Waals surface area contributed by atoms with Crippen molar-refractivity contribution in [1.82, 2.24) is 10.6 Å². The summed E-state index contributed by atoms with van der Waals surface area (Å²) in [6, 6.07) is 2.82. The molecule has 2 amide bonds. The van der Waals surface area contributed by atoms with E-state index in [1.807, 2.05) is 0 Å². The highest BCUT2D eigenvalue weighted by atomic mass is 16.6. The molecule has 0 saturated carbocycles. The van der Waals surface area contributed by atoms with E-state index >= 15 is 0 Å². The number of amides is 2. The molecule has 0 saturated heterocycles. The van der Waals surface area contributed by atoms with Gasteiger partial charge in [0.05, 0.1) is 17.1 Å². The maximum absolute atomic E-state index is 12.0. The summed E-state index contributed by atoms with van der Waals surface area (Å²) in [6.07, 6.45) is 0. The Morgan fingerprint density at radius 2 is 1.96 bits per heavy atom. The predicted molar refractivity (Wildman–Crippen MR) is 90.8 cm³/mol. The quantitative estimate of drug-likeness (QED) is 0.374. The van der Waals surface area contributed by atoms with Crippen LogP contribution in [0.2, 0.25) is 0 Å². The van der Waals surface area contributed by atoms with Crippen LogP contribution in [0.1, 0.15) is 31.1 Å². The zero-order chi connectivity index (χ0) is 19.7. The van der Waals surface area contributed by atoms with Crippen molar-refractivity contribution >= 4 is 23.5 Å². The van der Waals surface area contributed by atoms with Gasteiger partial charge in [-0.25, -0.2) is 4.79 Å². The van der Waals surface area contributed by atoms with Crippen molar-refractivity contribution in [2.75, 3.05) is 19.8 Å². The van der Waals surface area contributed by atoms with Crippen molar-refractivity contribution in [3.8, 4) is 5.75 Å². The second kappa shape index (κ2) is 9.97. The number of esters is 1. The number of carbonyl (C=O) groups excluding carboxylic acids is 3. The smallest absolute Gasteiger partial charge is 0.338 e. The molecule has 1 aromatic rings. The Labute approximate surface area is 150 Å². The lowest BCUT2D eigenvalue weighted by Gasteiger charge is -2.13. The molecule has 0 unspecified atom stereocenters. The maximum atomic E-state index is 12.0. The lowest BCUT2D eigenvalue weighted by Crippen LogP contribution is -2.46. The number of hydrogen-bond acceptors (Lipinski definition) is 7. The van der Waals surface area contributed by atoms with Crippen LogP contribution >= 0.6 is 0 Å². The summed E-state index contributed by atoms with van der Waals surface area (Å²) < 4.78 is 9.94. The Balaban J connectivity index is 2.68. The summed E-state index contributed by atoms with van der Waals surface area (Å²) >= 11 is 0. The Morgan fingerprint density at radius 1 is 1.27 bits per heavy atom. The predicted octanol–water partition coefficient (Wildman–Crippen LogP) is 0.791. The third-order valence-electron chi connectivity index (χ3n) is 3.15. The fourth-order valence-electron chi connectivity index (χ4n) is 1.96. The van der Waals surface area contributed by atoms with Crippen LogP contribution in [0.4, 0.5) is 5.69 Å². The molecule has 0 radical (unpaired) electrons. The number of carbonyl (C=O) groups is 3. The van der Waals surface area contributed by atoms with Crippen molar-refractivity contribution in [1.29, 1.82) is 0 Å². The Bertz CT molecular complexity index is 690. The zero-order valence-corrected chi connectivity index (χ0v) is 14.7. The van der Waals surface area contributed by atoms with Gasteiger partial charge in [-0.1, -0.05) is 0 Å². The lowest BCUT2D eigenvalue weighted by atomic mass is 10.2. The molecule has 0 spiro atoms. The summed E-state index contributed by atoms with van der Waals surface area (Å²) in [7, 11) is 0. The number of nitrogens with zero attached hydrogens (tertiary/aromatic N) is 1. The third kappa shape index (κ3) is 6.04. The van der Waals surface area contributed by atoms with Crippen LogP contribution in [0.3, 0.4) is 0 Å². The molecule has 0 aliphatic carbocycles. The first-order chi connectivity index (χ1) is 12.3. The van der Waals surface area contributed by atoms with Crippen LogP contribution < -0.4 is 15.4 Å². The van der Waals surface area contributed by atoms with Crippen LogP contribution in [0.25, 0.3) is 0 Å². The van der Waals surface area contributed by atoms with Crippen LogP contribution in [-0.4, -0.2) is 48.5 Å². The van der Waals surface area contributed by atoms with Gasteiger partial charge in [0.25, 0.3) is 5.91 Å². The van der Waals surface area contributed by atoms with Gasteiger partial charge in [0, 0.05) is 12.6 Å². The number of nitro benzene ring substituents is 1. The van der Waals surface area contributed by atoms with Gasteiger partial charge in [0.15, 0.2) is 12.4 Å². The van der Waals surface area contributed by atoms with Gasteiger partial charge in [0.1, 0.15) is 6.04 Å². The first-order valence-electron chi connectivity index (χ1n) is 7.95. The monoisotopic (exact) mass is 367 g/mol. The highest BCUT2D eigenvalue weighted by Crippen LogP contribution is 2.28. The highest BCUT2D eigenvalue weighted by molar-refractivity contribution is 5.93. The molecule has 10 heteroatoms. The molecular weight excluding hydrogens is 346 g/mol. The lowest BCUT2D eigenvalue weighted by molar-refractivity contribution is -0.385. The molecule has 10 nitrogen and oxygen atoms in total. The van der Waals surface area contributed by atoms with Crippen molar-refractivity contribution < 1.29 is 28.8 Å². The average Bonchev–Trinajstić information content (AvgIpc) is 2.60. The van der Waals surface area contributed by atoms with Gasteiger partial charge >= 0.3 is 11.7 Å². The van der Waals surface area contributed by atoms with E-state index in [4.69, 9.17) is 9.47 Å². The fraction of sp³-hybridized carbons (Fsp3) is 0.438. The molecule has 1 aromatic carbocycles. The highest BCUT2D eigenvalue weighted by Gasteiger charge is 2.20. The van der Waals surface area contributed by atoms with Gasteiger partial charge in [-0.05, 0) is 32.9 Å². The van der Waals surface area contributed by atoms with Crippen molar-refractivity contribution in [3.05, 3.63) is 33.9 Å². The number of benzene rings is 1. The van der Waals surface area contributed by atoms with E-state index in [2.05, 4.69) is 10.6 Å². The van der Waals surface area contributed by atoms with E-state index in [0.29, 0.717) is 6.54 Å². The third-order valence-corrected chi connectivity index (χ3v) is 3.15. The number of nitrogens with one attached hydrogen (secondary N) is 2. The largest absolute Gasteiger partial charge is 0.487 e. The molecule has 1 rings (SSSR count). The minimum Gasteiger partial charge on any atom is -0.487 e. The Morgan fingerprint density at radius 3 is 2.54 bits per heavy atom. The van der Waals surface area contributed by atoms with E-state index in [-0.39, 0.29) is 29.5 Å². The molecule has 1 atom stereocenters.